The minimum absolute atomic E-state index is 0.129. The second kappa shape index (κ2) is 6.18. The van der Waals surface area contributed by atoms with Crippen molar-refractivity contribution in [3.63, 3.8) is 0 Å². The van der Waals surface area contributed by atoms with Gasteiger partial charge in [0.25, 0.3) is 0 Å². The number of carbonyl (C=O) groups is 1. The molecule has 0 aromatic heterocycles. The molecule has 0 saturated heterocycles. The van der Waals surface area contributed by atoms with E-state index < -0.39 is 0 Å². The number of hydrogen-bond donors (Lipinski definition) is 0. The maximum absolute atomic E-state index is 11.8. The summed E-state index contributed by atoms with van der Waals surface area (Å²) in [5.74, 6) is 0.129. The van der Waals surface area contributed by atoms with Crippen LogP contribution in [0.5, 0.6) is 0 Å². The first-order chi connectivity index (χ1) is 9.17. The van der Waals surface area contributed by atoms with E-state index in [0.717, 1.165) is 29.0 Å². The molecule has 2 rings (SSSR count). The van der Waals surface area contributed by atoms with E-state index in [4.69, 9.17) is 0 Å². The van der Waals surface area contributed by atoms with Crippen LogP contribution in [-0.2, 0) is 4.79 Å². The van der Waals surface area contributed by atoms with Crippen LogP contribution in [0.25, 0.3) is 0 Å². The predicted octanol–water partition coefficient (Wildman–Crippen LogP) is 2.58. The molecule has 0 saturated carbocycles. The number of aliphatic imine (C=N–C) groups is 1. The summed E-state index contributed by atoms with van der Waals surface area (Å²) in [6.45, 7) is 7.77. The Bertz CT molecular complexity index is 530. The fourth-order valence-electron chi connectivity index (χ4n) is 1.97. The van der Waals surface area contributed by atoms with E-state index in [1.807, 2.05) is 30.3 Å². The molecule has 0 N–H and O–H groups in total. The van der Waals surface area contributed by atoms with Crippen LogP contribution in [0.4, 0.5) is 5.69 Å². The fourth-order valence-corrected chi connectivity index (χ4v) is 4.60. The van der Waals surface area contributed by atoms with Crippen molar-refractivity contribution in [1.29, 1.82) is 0 Å². The van der Waals surface area contributed by atoms with E-state index >= 15 is 0 Å². The van der Waals surface area contributed by atoms with Gasteiger partial charge in [0.2, 0.25) is 0 Å². The normalized spacial score (nSPS) is 16.5. The zero-order valence-corrected chi connectivity index (χ0v) is 13.2. The second-order valence-corrected chi connectivity index (χ2v) is 6.31. The van der Waals surface area contributed by atoms with Gasteiger partial charge in [-0.3, -0.25) is 0 Å². The summed E-state index contributed by atoms with van der Waals surface area (Å²) in [5.41, 5.74) is 1.77. The summed E-state index contributed by atoms with van der Waals surface area (Å²) in [6, 6.07) is 9.84. The molecule has 0 unspecified atom stereocenters. The topological polar surface area (TPSA) is 32.7 Å². The minimum atomic E-state index is 0.129. The van der Waals surface area contributed by atoms with Crippen LogP contribution >= 0.6 is 0 Å². The van der Waals surface area contributed by atoms with E-state index in [1.54, 1.807) is 6.92 Å². The summed E-state index contributed by atoms with van der Waals surface area (Å²) in [5, 5.41) is 0. The van der Waals surface area contributed by atoms with Gasteiger partial charge in [-0.2, -0.15) is 0 Å². The Labute approximate surface area is 120 Å². The molecule has 0 amide bonds. The summed E-state index contributed by atoms with van der Waals surface area (Å²) in [7, 11) is 0. The van der Waals surface area contributed by atoms with Crippen LogP contribution in [0.3, 0.4) is 0 Å². The monoisotopic (exact) mass is 322 g/mol. The Morgan fingerprint density at radius 3 is 2.37 bits per heavy atom. The zero-order valence-electron chi connectivity index (χ0n) is 11.5. The average Bonchev–Trinajstić information content (AvgIpc) is 2.38. The van der Waals surface area contributed by atoms with Crippen molar-refractivity contribution in [2.75, 3.05) is 13.1 Å². The molecule has 0 aliphatic carbocycles. The average molecular weight is 321 g/mol. The summed E-state index contributed by atoms with van der Waals surface area (Å²) in [6.07, 6.45) is 0. The number of nitrogens with zero attached hydrogens (tertiary/aromatic N) is 2. The van der Waals surface area contributed by atoms with Crippen molar-refractivity contribution < 1.29 is 4.79 Å². The van der Waals surface area contributed by atoms with Gasteiger partial charge in [-0.1, -0.05) is 0 Å². The van der Waals surface area contributed by atoms with Crippen LogP contribution in [0.15, 0.2) is 45.5 Å². The standard InChI is InChI=1S/C15H18N2OSe/c1-4-17(5-2)15-13(11(3)18)14(19-15)16-12-9-7-6-8-10-12/h6-10H,4-5H2,1-3H3. The molecule has 0 spiro atoms. The van der Waals surface area contributed by atoms with Crippen LogP contribution in [0.2, 0.25) is 0 Å². The number of benzene rings is 1. The number of rotatable bonds is 5. The maximum atomic E-state index is 11.8. The predicted molar refractivity (Wildman–Crippen MR) is 79.9 cm³/mol. The Kier molecular flexibility index (Phi) is 4.56. The molecule has 0 fully saturated rings. The fraction of sp³-hybridized carbons (Fsp3) is 0.333. The molecule has 0 atom stereocenters. The number of ketones is 1. The van der Waals surface area contributed by atoms with E-state index in [-0.39, 0.29) is 20.7 Å². The van der Waals surface area contributed by atoms with Crippen molar-refractivity contribution >= 4 is 31.0 Å². The zero-order chi connectivity index (χ0) is 13.8. The van der Waals surface area contributed by atoms with Gasteiger partial charge in [-0.15, -0.1) is 0 Å². The van der Waals surface area contributed by atoms with Crippen molar-refractivity contribution in [3.05, 3.63) is 40.5 Å². The number of para-hydroxylation sites is 1. The molecule has 0 radical (unpaired) electrons. The van der Waals surface area contributed by atoms with Gasteiger partial charge in [0.15, 0.2) is 0 Å². The molecule has 0 bridgehead atoms. The summed E-state index contributed by atoms with van der Waals surface area (Å²) < 4.78 is 2.19. The SMILES string of the molecule is CCN(CC)C1=C(C(C)=O)C(=Nc2ccccc2)[Se]1. The molecule has 4 heteroatoms. The van der Waals surface area contributed by atoms with Gasteiger partial charge in [-0.25, -0.2) is 0 Å². The van der Waals surface area contributed by atoms with Crippen molar-refractivity contribution in [2.24, 2.45) is 4.99 Å². The molecule has 1 aromatic carbocycles. The molecule has 1 aromatic rings. The van der Waals surface area contributed by atoms with Gasteiger partial charge in [0.05, 0.1) is 0 Å². The molecule has 1 aliphatic heterocycles. The second-order valence-electron chi connectivity index (χ2n) is 4.26. The number of hydrogen-bond acceptors (Lipinski definition) is 3. The van der Waals surface area contributed by atoms with E-state index in [1.165, 1.54) is 4.60 Å². The molecule has 19 heavy (non-hydrogen) atoms. The van der Waals surface area contributed by atoms with Crippen LogP contribution in [0, 0.1) is 0 Å². The van der Waals surface area contributed by atoms with E-state index in [2.05, 4.69) is 23.7 Å². The van der Waals surface area contributed by atoms with Gasteiger partial charge < -0.3 is 0 Å². The third-order valence-corrected chi connectivity index (χ3v) is 5.41. The summed E-state index contributed by atoms with van der Waals surface area (Å²) in [4.78, 5) is 18.7. The Hall–Kier alpha value is -1.38. The van der Waals surface area contributed by atoms with Crippen LogP contribution < -0.4 is 0 Å². The van der Waals surface area contributed by atoms with E-state index in [9.17, 15) is 4.79 Å². The number of allylic oxidation sites excluding steroid dienone is 1. The van der Waals surface area contributed by atoms with Crippen LogP contribution in [0.1, 0.15) is 20.8 Å². The molecule has 3 nitrogen and oxygen atoms in total. The van der Waals surface area contributed by atoms with Gasteiger partial charge >= 0.3 is 120 Å². The first-order valence-electron chi connectivity index (χ1n) is 6.49. The quantitative estimate of drug-likeness (QED) is 0.781. The summed E-state index contributed by atoms with van der Waals surface area (Å²) >= 11 is 0.197. The van der Waals surface area contributed by atoms with Crippen molar-refractivity contribution in [2.45, 2.75) is 20.8 Å². The van der Waals surface area contributed by atoms with Crippen LogP contribution in [-0.4, -0.2) is 43.3 Å². The Balaban J connectivity index is 2.32. The Morgan fingerprint density at radius 1 is 1.21 bits per heavy atom. The number of Topliss-reactive ketones (excluding diaryl/α,β-unsaturated/α-hetero) is 1. The first kappa shape index (κ1) is 14.0. The number of carbonyl (C=O) groups excluding carboxylic acids is 1. The molecule has 1 aliphatic rings. The van der Waals surface area contributed by atoms with E-state index in [0.29, 0.717) is 0 Å². The van der Waals surface area contributed by atoms with Crippen molar-refractivity contribution in [3.8, 4) is 0 Å². The van der Waals surface area contributed by atoms with Gasteiger partial charge in [-0.05, 0) is 0 Å². The first-order valence-corrected chi connectivity index (χ1v) is 8.20. The van der Waals surface area contributed by atoms with Crippen molar-refractivity contribution in [1.82, 2.24) is 4.90 Å². The third-order valence-electron chi connectivity index (χ3n) is 3.01. The molecule has 1 heterocycles. The van der Waals surface area contributed by atoms with Gasteiger partial charge in [0, 0.05) is 0 Å². The molecular weight excluding hydrogens is 303 g/mol. The molecule has 100 valence electrons. The molecular formula is C15H18N2OSe. The van der Waals surface area contributed by atoms with Gasteiger partial charge in [0.1, 0.15) is 0 Å². The Morgan fingerprint density at radius 2 is 1.84 bits per heavy atom. The third kappa shape index (κ3) is 2.96.